The Morgan fingerprint density at radius 1 is 0.320 bits per heavy atom. The maximum atomic E-state index is 11.8. The van der Waals surface area contributed by atoms with Crippen molar-refractivity contribution in [3.8, 4) is 0 Å². The molecule has 128 heavy (non-hydrogen) atoms. The highest BCUT2D eigenvalue weighted by molar-refractivity contribution is 7.99. The number of hydrogen-bond acceptors (Lipinski definition) is 13. The van der Waals surface area contributed by atoms with Gasteiger partial charge in [0, 0.05) is 84.8 Å². The Balaban J connectivity index is 0.000000721. The molecular weight excluding hydrogens is 1660 g/mol. The quantitative estimate of drug-likeness (QED) is 0.249. The predicted molar refractivity (Wildman–Crippen MR) is 565 cm³/mol. The van der Waals surface area contributed by atoms with Gasteiger partial charge in [0.25, 0.3) is 10.1 Å². The Morgan fingerprint density at radius 2 is 0.602 bits per heavy atom. The molecule has 9 rings (SSSR count). The molecule has 0 aromatic heterocycles. The number of carbonyl (C=O) groups is 2. The van der Waals surface area contributed by atoms with Gasteiger partial charge in [-0.05, 0) is 202 Å². The average Bonchev–Trinajstić information content (AvgIpc) is 1.65. The fourth-order valence-electron chi connectivity index (χ4n) is 27.0. The second kappa shape index (κ2) is 43.4. The number of ether oxygens (including phenoxy) is 5. The number of piperidine rings is 1. The topological polar surface area (TPSA) is 139 Å². The van der Waals surface area contributed by atoms with Crippen molar-refractivity contribution in [2.24, 2.45) is 135 Å². The molecule has 0 atom stereocenters. The summed E-state index contributed by atoms with van der Waals surface area (Å²) in [6.45, 7) is 134. The van der Waals surface area contributed by atoms with Crippen molar-refractivity contribution in [3.63, 3.8) is 0 Å². The third-order valence-corrected chi connectivity index (χ3v) is 39.0. The molecule has 9 heterocycles. The van der Waals surface area contributed by atoms with Gasteiger partial charge >= 0.3 is 0 Å². The van der Waals surface area contributed by atoms with Crippen LogP contribution in [0.4, 0.5) is 0 Å². The van der Waals surface area contributed by atoms with Gasteiger partial charge in [0.15, 0.2) is 17.5 Å². The third kappa shape index (κ3) is 28.8. The molecule has 0 aliphatic carbocycles. The minimum atomic E-state index is -3.54. The molecule has 2 amide bonds. The number of nitrogens with zero attached hydrogens (tertiary/aromatic N) is 1. The summed E-state index contributed by atoms with van der Waals surface area (Å²) in [5.41, 5.74) is 6.88. The Labute approximate surface area is 812 Å². The van der Waals surface area contributed by atoms with E-state index in [1.54, 1.807) is 0 Å². The molecule has 0 aromatic carbocycles. The van der Waals surface area contributed by atoms with E-state index < -0.39 is 32.5 Å². The molecule has 9 aliphatic heterocycles. The SMILES string of the molecule is CC(C)(C)C1(C(C)(C)C)CCCSC1.CC(C)(C)C1(C(C)(C)C)CCOC1.CC(C)(C)C1(C(C)(C)C)CCOCC1.CC(C)(C)C1(C(C)(C)C)CCSC1.CC(C)(C)C1(C(C)(C)C)CCSCC1.CC(C)(C)C1(C(C)(C)C)CNC(=O)C1.CC(C)(C)C1(C(C)(C)C)OCCO1.CC(C)(C)C1(C(C)(C)C)OCS(=O)(=O)O1.CCC(=O)N1CCC(C(C)(C)C)(C(C)(C)C)CC1. The van der Waals surface area contributed by atoms with Crippen molar-refractivity contribution < 1.29 is 45.9 Å². The number of rotatable bonds is 1. The Morgan fingerprint density at radius 3 is 0.789 bits per heavy atom. The Kier molecular flexibility index (Phi) is 42.7. The second-order valence-corrected chi connectivity index (χ2v) is 64.0. The smallest absolute Gasteiger partial charge is 0.294 e. The van der Waals surface area contributed by atoms with Crippen LogP contribution in [0.3, 0.4) is 0 Å². The number of likely N-dealkylation sites (tertiary alicyclic amines) is 1. The van der Waals surface area contributed by atoms with Gasteiger partial charge in [-0.3, -0.25) is 9.59 Å². The lowest BCUT2D eigenvalue weighted by Crippen LogP contribution is -2.54. The van der Waals surface area contributed by atoms with E-state index in [0.717, 1.165) is 58.9 Å². The van der Waals surface area contributed by atoms with Crippen LogP contribution in [-0.4, -0.2) is 136 Å². The van der Waals surface area contributed by atoms with Crippen LogP contribution in [0, 0.1) is 135 Å². The molecule has 16 heteroatoms. The first-order chi connectivity index (χ1) is 56.3. The van der Waals surface area contributed by atoms with Crippen molar-refractivity contribution in [2.45, 2.75) is 469 Å². The highest BCUT2D eigenvalue weighted by Crippen LogP contribution is 2.65. The van der Waals surface area contributed by atoms with E-state index in [1.165, 1.54) is 85.9 Å². The van der Waals surface area contributed by atoms with Gasteiger partial charge in [-0.15, -0.1) is 0 Å². The molecular formula is C112H222N2O10S4. The summed E-state index contributed by atoms with van der Waals surface area (Å²) in [6, 6.07) is 0. The van der Waals surface area contributed by atoms with Crippen molar-refractivity contribution in [3.05, 3.63) is 0 Å². The zero-order chi connectivity index (χ0) is 102. The summed E-state index contributed by atoms with van der Waals surface area (Å²) in [7, 11) is -3.54. The van der Waals surface area contributed by atoms with Crippen LogP contribution in [0.25, 0.3) is 0 Å². The van der Waals surface area contributed by atoms with E-state index in [4.69, 9.17) is 27.9 Å². The zero-order valence-corrected chi connectivity index (χ0v) is 99.2. The van der Waals surface area contributed by atoms with Crippen molar-refractivity contribution in [1.29, 1.82) is 0 Å². The van der Waals surface area contributed by atoms with E-state index in [2.05, 4.69) is 378 Å². The molecule has 1 N–H and O–H groups in total. The van der Waals surface area contributed by atoms with Crippen LogP contribution in [0.2, 0.25) is 0 Å². The maximum absolute atomic E-state index is 11.8. The highest BCUT2D eigenvalue weighted by atomic mass is 32.2. The zero-order valence-electron chi connectivity index (χ0n) is 96.0. The third-order valence-electron chi connectivity index (χ3n) is 34.7. The van der Waals surface area contributed by atoms with Crippen LogP contribution < -0.4 is 5.32 Å². The lowest BCUT2D eigenvalue weighted by molar-refractivity contribution is -0.279. The first-order valence-electron chi connectivity index (χ1n) is 50.6. The monoisotopic (exact) mass is 1880 g/mol. The molecule has 9 aliphatic rings. The Bertz CT molecular complexity index is 3080. The van der Waals surface area contributed by atoms with Gasteiger partial charge in [0.1, 0.15) is 0 Å². The van der Waals surface area contributed by atoms with Crippen LogP contribution in [-0.2, 0) is 47.6 Å². The molecule has 12 nitrogen and oxygen atoms in total. The van der Waals surface area contributed by atoms with E-state index in [1.807, 2.05) is 48.5 Å². The predicted octanol–water partition coefficient (Wildman–Crippen LogP) is 32.4. The summed E-state index contributed by atoms with van der Waals surface area (Å²) in [4.78, 5) is 25.3. The largest absolute Gasteiger partial charge is 0.381 e. The van der Waals surface area contributed by atoms with E-state index in [9.17, 15) is 18.0 Å². The van der Waals surface area contributed by atoms with Gasteiger partial charge in [0.2, 0.25) is 11.8 Å². The molecule has 0 radical (unpaired) electrons. The number of hydrogen-bond donors (Lipinski definition) is 1. The van der Waals surface area contributed by atoms with E-state index in [-0.39, 0.29) is 49.8 Å². The first-order valence-corrected chi connectivity index (χ1v) is 55.6. The van der Waals surface area contributed by atoms with Gasteiger partial charge in [-0.25, -0.2) is 4.18 Å². The van der Waals surface area contributed by atoms with E-state index in [0.29, 0.717) is 119 Å². The van der Waals surface area contributed by atoms with Crippen LogP contribution in [0.5, 0.6) is 0 Å². The molecule has 0 spiro atoms. The van der Waals surface area contributed by atoms with Gasteiger partial charge < -0.3 is 33.9 Å². The van der Waals surface area contributed by atoms with Crippen LogP contribution >= 0.6 is 35.3 Å². The van der Waals surface area contributed by atoms with Crippen LogP contribution in [0.1, 0.15) is 458 Å². The van der Waals surface area contributed by atoms with Gasteiger partial charge in [-0.1, -0.05) is 381 Å². The highest BCUT2D eigenvalue weighted by Gasteiger charge is 2.63. The van der Waals surface area contributed by atoms with Crippen molar-refractivity contribution in [2.75, 3.05) is 99.7 Å². The lowest BCUT2D eigenvalue weighted by Gasteiger charge is -2.57. The number of nitrogens with one attached hydrogen (secondary N) is 1. The molecule has 0 unspecified atom stereocenters. The molecule has 9 saturated heterocycles. The molecule has 9 fully saturated rings. The number of carbonyl (C=O) groups excluding carboxylic acids is 2. The minimum Gasteiger partial charge on any atom is -0.381 e. The standard InChI is InChI=1S/C16H31NO.C13H26O.2C13H26S.C12H23NO.C12H24O.C12H24S.C11H22O2.C10H20O4S/c1-8-13(18)17-11-9-16(10-12-17,14(2,3)4)15(5,6)7;2*1-11(2,3)13(12(4,5)6)7-9-14-10-8-13;1-11(2,3)13(12(4,5)6)8-7-9-14-10-13;1-10(2,3)12(11(4,5)6)7-9(14)13-8-12;2*1-10(2,3)12(11(4,5)6)7-8-13-9-12;1-9(2,3)11(10(4,5)6)12-7-8-13-11;1-8(2,3)10(9(4,5)6)13-7-15(11,12)14-10/h8-12H2,1-7H3;3*7-10H2,1-6H3;7-8H2,1-6H3,(H,13,14);2*7-9H2,1-6H3;7-8H2,1-6H3;7H2,1-6H3. The molecule has 0 saturated carbocycles. The summed E-state index contributed by atoms with van der Waals surface area (Å²) in [5.74, 6) is 6.77. The Hall–Kier alpha value is -0.300. The first kappa shape index (κ1) is 126. The van der Waals surface area contributed by atoms with Crippen molar-refractivity contribution in [1.82, 2.24) is 10.2 Å². The normalized spacial score (nSPS) is 23.3. The summed E-state index contributed by atoms with van der Waals surface area (Å²) < 4.78 is 56.3. The van der Waals surface area contributed by atoms with Gasteiger partial charge in [0.05, 0.1) is 19.8 Å². The minimum absolute atomic E-state index is 0.0156. The van der Waals surface area contributed by atoms with E-state index >= 15 is 0 Å². The number of thioether (sulfide) groups is 3. The second-order valence-electron chi connectivity index (χ2n) is 59.1. The van der Waals surface area contributed by atoms with Crippen molar-refractivity contribution >= 4 is 57.2 Å². The fourth-order valence-corrected chi connectivity index (χ4v) is 33.3. The molecule has 764 valence electrons. The average molecular weight is 1890 g/mol. The van der Waals surface area contributed by atoms with Gasteiger partial charge in [-0.2, -0.15) is 43.7 Å². The summed E-state index contributed by atoms with van der Waals surface area (Å²) in [5, 5.41) is 2.98. The summed E-state index contributed by atoms with van der Waals surface area (Å²) >= 11 is 6.42. The lowest BCUT2D eigenvalue weighted by atomic mass is 9.50. The number of amides is 2. The fraction of sp³-hybridized carbons (Fsp3) is 0.982. The summed E-state index contributed by atoms with van der Waals surface area (Å²) in [6.07, 6.45) is 14.2. The maximum Gasteiger partial charge on any atom is 0.294 e. The van der Waals surface area contributed by atoms with Crippen LogP contribution in [0.15, 0.2) is 0 Å². The molecule has 0 bridgehead atoms. The molecule has 0 aromatic rings.